The van der Waals surface area contributed by atoms with Gasteiger partial charge in [-0.3, -0.25) is 14.4 Å². The van der Waals surface area contributed by atoms with Gasteiger partial charge in [-0.05, 0) is 54.2 Å². The lowest BCUT2D eigenvalue weighted by Crippen LogP contribution is -2.47. The largest absolute Gasteiger partial charge is 0.389 e. The van der Waals surface area contributed by atoms with E-state index < -0.39 is 17.3 Å². The molecule has 0 spiro atoms. The number of likely N-dealkylation sites (tertiary alicyclic amines) is 1. The standard InChI is InChI=1S/C24H23ClFN3O4S/c1-28(2)23(32)20(30)21-17-11-16(18(25)12-19(17)27-34-21)22(31)29-9-7-24(33,8-10-29)13-14-3-5-15(26)6-4-14/h3-6,11-12,33H,7-10,13H2,1-2H3. The third-order valence-corrected chi connectivity index (χ3v) is 7.22. The summed E-state index contributed by atoms with van der Waals surface area (Å²) in [5.74, 6) is -2.02. The Labute approximate surface area is 204 Å². The van der Waals surface area contributed by atoms with Gasteiger partial charge in [-0.15, -0.1) is 0 Å². The molecule has 1 N–H and O–H groups in total. The van der Waals surface area contributed by atoms with Crippen molar-refractivity contribution in [1.82, 2.24) is 14.2 Å². The second-order valence-electron chi connectivity index (χ2n) is 8.71. The van der Waals surface area contributed by atoms with Crippen LogP contribution < -0.4 is 0 Å². The maximum absolute atomic E-state index is 13.3. The van der Waals surface area contributed by atoms with Crippen LogP contribution in [-0.2, 0) is 11.2 Å². The fourth-order valence-corrected chi connectivity index (χ4v) is 5.06. The number of carbonyl (C=O) groups excluding carboxylic acids is 3. The van der Waals surface area contributed by atoms with Crippen molar-refractivity contribution >= 4 is 51.6 Å². The van der Waals surface area contributed by atoms with Crippen LogP contribution >= 0.6 is 23.1 Å². The number of hydrogen-bond donors (Lipinski definition) is 1. The summed E-state index contributed by atoms with van der Waals surface area (Å²) in [5.41, 5.74) is 0.483. The number of ketones is 1. The average molecular weight is 504 g/mol. The van der Waals surface area contributed by atoms with E-state index in [9.17, 15) is 23.9 Å². The van der Waals surface area contributed by atoms with Crippen LogP contribution in [0.25, 0.3) is 10.9 Å². The van der Waals surface area contributed by atoms with Gasteiger partial charge in [-0.25, -0.2) is 4.39 Å². The third-order valence-electron chi connectivity index (χ3n) is 6.03. The second kappa shape index (κ2) is 9.40. The van der Waals surface area contributed by atoms with Crippen molar-refractivity contribution in [3.05, 3.63) is 63.2 Å². The molecule has 178 valence electrons. The van der Waals surface area contributed by atoms with Gasteiger partial charge in [0.25, 0.3) is 17.6 Å². The van der Waals surface area contributed by atoms with E-state index in [2.05, 4.69) is 4.37 Å². The third kappa shape index (κ3) is 4.82. The molecule has 0 bridgehead atoms. The van der Waals surface area contributed by atoms with Crippen LogP contribution in [0.4, 0.5) is 4.39 Å². The summed E-state index contributed by atoms with van der Waals surface area (Å²) >= 11 is 7.27. The Morgan fingerprint density at radius 3 is 2.44 bits per heavy atom. The van der Waals surface area contributed by atoms with E-state index in [0.29, 0.717) is 43.3 Å². The molecule has 0 atom stereocenters. The molecule has 0 saturated carbocycles. The minimum absolute atomic E-state index is 0.159. The molecule has 0 unspecified atom stereocenters. The summed E-state index contributed by atoms with van der Waals surface area (Å²) in [5, 5.41) is 11.6. The number of likely N-dealkylation sites (N-methyl/N-ethyl adjacent to an activating group) is 1. The Bertz CT molecular complexity index is 1270. The van der Waals surface area contributed by atoms with Gasteiger partial charge in [-0.2, -0.15) is 4.37 Å². The zero-order valence-electron chi connectivity index (χ0n) is 18.7. The van der Waals surface area contributed by atoms with Crippen LogP contribution in [-0.4, -0.2) is 69.7 Å². The molecular formula is C24H23ClFN3O4S. The fraction of sp³-hybridized carbons (Fsp3) is 0.333. The molecule has 3 aromatic rings. The number of halogens is 2. The van der Waals surface area contributed by atoms with Crippen molar-refractivity contribution in [2.45, 2.75) is 24.9 Å². The molecule has 1 aromatic heterocycles. The number of benzene rings is 2. The summed E-state index contributed by atoms with van der Waals surface area (Å²) in [4.78, 5) is 40.9. The maximum atomic E-state index is 13.3. The van der Waals surface area contributed by atoms with E-state index >= 15 is 0 Å². The van der Waals surface area contributed by atoms with E-state index in [1.165, 1.54) is 43.3 Å². The number of carbonyl (C=O) groups is 3. The molecule has 1 aliphatic heterocycles. The van der Waals surface area contributed by atoms with Crippen molar-refractivity contribution in [1.29, 1.82) is 0 Å². The van der Waals surface area contributed by atoms with Gasteiger partial charge in [-0.1, -0.05) is 23.7 Å². The zero-order valence-corrected chi connectivity index (χ0v) is 20.2. The molecule has 34 heavy (non-hydrogen) atoms. The Morgan fingerprint density at radius 2 is 1.82 bits per heavy atom. The van der Waals surface area contributed by atoms with Crippen LogP contribution in [0.2, 0.25) is 5.02 Å². The number of nitrogens with zero attached hydrogens (tertiary/aromatic N) is 3. The van der Waals surface area contributed by atoms with Crippen molar-refractivity contribution in [2.24, 2.45) is 0 Å². The SMILES string of the molecule is CN(C)C(=O)C(=O)c1snc2cc(Cl)c(C(=O)N3CCC(O)(Cc4ccc(F)cc4)CC3)cc12. The van der Waals surface area contributed by atoms with Crippen LogP contribution in [0.15, 0.2) is 36.4 Å². The van der Waals surface area contributed by atoms with Crippen molar-refractivity contribution in [3.8, 4) is 0 Å². The normalized spacial score (nSPS) is 15.4. The summed E-state index contributed by atoms with van der Waals surface area (Å²) < 4.78 is 17.4. The number of aromatic nitrogens is 1. The van der Waals surface area contributed by atoms with E-state index in [0.717, 1.165) is 17.1 Å². The maximum Gasteiger partial charge on any atom is 0.295 e. The molecule has 7 nitrogen and oxygen atoms in total. The van der Waals surface area contributed by atoms with Gasteiger partial charge >= 0.3 is 0 Å². The highest BCUT2D eigenvalue weighted by Gasteiger charge is 2.35. The fourth-order valence-electron chi connectivity index (χ4n) is 4.05. The van der Waals surface area contributed by atoms with Crippen LogP contribution in [0, 0.1) is 5.82 Å². The second-order valence-corrected chi connectivity index (χ2v) is 9.89. The molecule has 1 fully saturated rings. The highest BCUT2D eigenvalue weighted by molar-refractivity contribution is 7.10. The predicted molar refractivity (Wildman–Crippen MR) is 128 cm³/mol. The van der Waals surface area contributed by atoms with Gasteiger partial charge in [0, 0.05) is 39.0 Å². The van der Waals surface area contributed by atoms with Crippen molar-refractivity contribution in [2.75, 3.05) is 27.2 Å². The Kier molecular flexibility index (Phi) is 6.71. The minimum atomic E-state index is -0.994. The smallest absolute Gasteiger partial charge is 0.295 e. The molecule has 2 amide bonds. The molecule has 1 saturated heterocycles. The molecular weight excluding hydrogens is 481 g/mol. The van der Waals surface area contributed by atoms with Crippen LogP contribution in [0.3, 0.4) is 0 Å². The van der Waals surface area contributed by atoms with Crippen molar-refractivity contribution < 1.29 is 23.9 Å². The summed E-state index contributed by atoms with van der Waals surface area (Å²) in [6.07, 6.45) is 1.09. The van der Waals surface area contributed by atoms with E-state index in [4.69, 9.17) is 11.6 Å². The van der Waals surface area contributed by atoms with E-state index in [1.807, 2.05) is 0 Å². The number of rotatable bonds is 5. The lowest BCUT2D eigenvalue weighted by atomic mass is 9.85. The first-order chi connectivity index (χ1) is 16.1. The Balaban J connectivity index is 1.52. The number of hydrogen-bond acceptors (Lipinski definition) is 6. The molecule has 10 heteroatoms. The number of piperidine rings is 1. The van der Waals surface area contributed by atoms with Crippen molar-refractivity contribution in [3.63, 3.8) is 0 Å². The van der Waals surface area contributed by atoms with Gasteiger partial charge in [0.15, 0.2) is 0 Å². The first kappa shape index (κ1) is 24.3. The summed E-state index contributed by atoms with van der Waals surface area (Å²) in [6, 6.07) is 9.05. The zero-order chi connectivity index (χ0) is 24.6. The highest BCUT2D eigenvalue weighted by Crippen LogP contribution is 2.32. The number of fused-ring (bicyclic) bond motifs is 1. The molecule has 2 heterocycles. The topological polar surface area (TPSA) is 90.8 Å². The van der Waals surface area contributed by atoms with Gasteiger partial charge in [0.1, 0.15) is 10.7 Å². The minimum Gasteiger partial charge on any atom is -0.389 e. The lowest BCUT2D eigenvalue weighted by molar-refractivity contribution is -0.124. The molecule has 2 aromatic carbocycles. The monoisotopic (exact) mass is 503 g/mol. The van der Waals surface area contributed by atoms with Gasteiger partial charge in [0.05, 0.1) is 21.7 Å². The summed E-state index contributed by atoms with van der Waals surface area (Å²) in [6.45, 7) is 0.634. The summed E-state index contributed by atoms with van der Waals surface area (Å²) in [7, 11) is 2.98. The van der Waals surface area contributed by atoms with E-state index in [1.54, 1.807) is 17.0 Å². The number of amides is 2. The highest BCUT2D eigenvalue weighted by atomic mass is 35.5. The predicted octanol–water partition coefficient (Wildman–Crippen LogP) is 3.57. The molecule has 0 radical (unpaired) electrons. The van der Waals surface area contributed by atoms with Gasteiger partial charge in [0.2, 0.25) is 0 Å². The Morgan fingerprint density at radius 1 is 1.18 bits per heavy atom. The first-order valence-corrected chi connectivity index (χ1v) is 11.8. The van der Waals surface area contributed by atoms with E-state index in [-0.39, 0.29) is 27.2 Å². The average Bonchev–Trinajstić information content (AvgIpc) is 3.21. The molecule has 4 rings (SSSR count). The van der Waals surface area contributed by atoms with Gasteiger partial charge < -0.3 is 14.9 Å². The van der Waals surface area contributed by atoms with Crippen LogP contribution in [0.1, 0.15) is 38.4 Å². The van der Waals surface area contributed by atoms with Crippen LogP contribution in [0.5, 0.6) is 0 Å². The molecule has 0 aliphatic carbocycles. The quantitative estimate of drug-likeness (QED) is 0.424. The lowest BCUT2D eigenvalue weighted by Gasteiger charge is -2.38. The molecule has 1 aliphatic rings. The first-order valence-electron chi connectivity index (χ1n) is 10.7. The number of aliphatic hydroxyl groups is 1. The Hall–Kier alpha value is -2.88. The number of Topliss-reactive ketones (excluding diaryl/α,β-unsaturated/α-hetero) is 1.